The fourth-order valence-corrected chi connectivity index (χ4v) is 1.39. The van der Waals surface area contributed by atoms with Gasteiger partial charge in [0.2, 0.25) is 11.9 Å². The molecule has 1 aromatic rings. The fraction of sp³-hybridized carbons (Fsp3) is 0.769. The third-order valence-corrected chi connectivity index (χ3v) is 2.69. The molecule has 0 aliphatic heterocycles. The summed E-state index contributed by atoms with van der Waals surface area (Å²) >= 11 is 0. The van der Waals surface area contributed by atoms with Gasteiger partial charge in [-0.2, -0.15) is 15.0 Å². The quantitative estimate of drug-likeness (QED) is 0.498. The Morgan fingerprint density at radius 1 is 1.05 bits per heavy atom. The Morgan fingerprint density at radius 2 is 1.71 bits per heavy atom. The summed E-state index contributed by atoms with van der Waals surface area (Å²) in [5.41, 5.74) is -0.911. The van der Waals surface area contributed by atoms with E-state index in [0.717, 1.165) is 19.4 Å². The second-order valence-corrected chi connectivity index (χ2v) is 5.04. The average molecular weight is 299 g/mol. The second-order valence-electron chi connectivity index (χ2n) is 5.04. The van der Waals surface area contributed by atoms with Gasteiger partial charge in [-0.25, -0.2) is 0 Å². The van der Waals surface area contributed by atoms with Gasteiger partial charge in [-0.05, 0) is 19.8 Å². The molecule has 0 radical (unpaired) electrons. The first kappa shape index (κ1) is 17.4. The summed E-state index contributed by atoms with van der Waals surface area (Å²) in [4.78, 5) is 12.5. The molecule has 0 spiro atoms. The first-order valence-corrected chi connectivity index (χ1v) is 7.19. The van der Waals surface area contributed by atoms with E-state index in [9.17, 15) is 10.2 Å². The minimum atomic E-state index is -0.911. The second kappa shape index (κ2) is 8.58. The Hall–Kier alpha value is -1.67. The molecule has 0 aliphatic rings. The number of hydrogen-bond acceptors (Lipinski definition) is 8. The van der Waals surface area contributed by atoms with Crippen LogP contribution in [-0.4, -0.2) is 57.1 Å². The summed E-state index contributed by atoms with van der Waals surface area (Å²) in [6, 6.07) is 0.214. The van der Waals surface area contributed by atoms with Crippen LogP contribution in [0.15, 0.2) is 0 Å². The number of aromatic nitrogens is 3. The highest BCUT2D eigenvalue weighted by Gasteiger charge is 2.24. The fourth-order valence-electron chi connectivity index (χ4n) is 1.39. The van der Waals surface area contributed by atoms with Crippen molar-refractivity contribution in [1.29, 1.82) is 0 Å². The van der Waals surface area contributed by atoms with Crippen LogP contribution in [0.3, 0.4) is 0 Å². The molecule has 21 heavy (non-hydrogen) atoms. The molecule has 8 nitrogen and oxygen atoms in total. The topological polar surface area (TPSA) is 112 Å². The van der Waals surface area contributed by atoms with Crippen LogP contribution < -0.4 is 15.4 Å². The normalized spacial score (nSPS) is 11.3. The molecule has 0 bridgehead atoms. The van der Waals surface area contributed by atoms with Gasteiger partial charge in [0.25, 0.3) is 0 Å². The van der Waals surface area contributed by atoms with Crippen molar-refractivity contribution in [3.63, 3.8) is 0 Å². The van der Waals surface area contributed by atoms with Crippen LogP contribution in [-0.2, 0) is 0 Å². The summed E-state index contributed by atoms with van der Waals surface area (Å²) < 4.78 is 5.43. The molecule has 120 valence electrons. The number of nitrogens with one attached hydrogen (secondary N) is 2. The van der Waals surface area contributed by atoms with Crippen molar-refractivity contribution in [3.8, 4) is 6.01 Å². The van der Waals surface area contributed by atoms with Crippen molar-refractivity contribution >= 4 is 11.9 Å². The summed E-state index contributed by atoms with van der Waals surface area (Å²) in [6.45, 7) is 6.43. The standard InChI is InChI=1S/C13H25N5O3/c1-4-6-14-10-15-11(18-13(3,8-19)9-20)17-12(16-10)21-7-5-2/h19-20H,4-9H2,1-3H3,(H2,14,15,16,17,18). The molecule has 8 heteroatoms. The van der Waals surface area contributed by atoms with Crippen LogP contribution in [0.2, 0.25) is 0 Å². The predicted octanol–water partition coefficient (Wildman–Crippen LogP) is 0.637. The number of hydrogen-bond donors (Lipinski definition) is 4. The van der Waals surface area contributed by atoms with E-state index in [4.69, 9.17) is 4.74 Å². The van der Waals surface area contributed by atoms with Gasteiger partial charge in [-0.3, -0.25) is 0 Å². The third-order valence-electron chi connectivity index (χ3n) is 2.69. The van der Waals surface area contributed by atoms with E-state index in [0.29, 0.717) is 12.6 Å². The van der Waals surface area contributed by atoms with Gasteiger partial charge < -0.3 is 25.6 Å². The van der Waals surface area contributed by atoms with Gasteiger partial charge in [0.15, 0.2) is 0 Å². The van der Waals surface area contributed by atoms with E-state index in [1.165, 1.54) is 0 Å². The highest BCUT2D eigenvalue weighted by atomic mass is 16.5. The summed E-state index contributed by atoms with van der Waals surface area (Å²) in [7, 11) is 0. The lowest BCUT2D eigenvalue weighted by atomic mass is 10.1. The SMILES string of the molecule is CCCNc1nc(NC(C)(CO)CO)nc(OCCC)n1. The highest BCUT2D eigenvalue weighted by Crippen LogP contribution is 2.16. The minimum absolute atomic E-state index is 0.214. The summed E-state index contributed by atoms with van der Waals surface area (Å²) in [6.07, 6.45) is 1.78. The first-order valence-electron chi connectivity index (χ1n) is 7.19. The summed E-state index contributed by atoms with van der Waals surface area (Å²) in [5.74, 6) is 0.652. The third kappa shape index (κ3) is 5.68. The molecular formula is C13H25N5O3. The predicted molar refractivity (Wildman–Crippen MR) is 80.6 cm³/mol. The Bertz CT molecular complexity index is 400. The van der Waals surface area contributed by atoms with E-state index in [2.05, 4.69) is 25.6 Å². The molecule has 4 N–H and O–H groups in total. The summed E-state index contributed by atoms with van der Waals surface area (Å²) in [5, 5.41) is 24.6. The molecule has 0 unspecified atom stereocenters. The minimum Gasteiger partial charge on any atom is -0.463 e. The number of aliphatic hydroxyl groups excluding tert-OH is 2. The van der Waals surface area contributed by atoms with Gasteiger partial charge in [0.1, 0.15) is 0 Å². The average Bonchev–Trinajstić information content (AvgIpc) is 2.50. The van der Waals surface area contributed by atoms with Crippen LogP contribution in [0.5, 0.6) is 6.01 Å². The van der Waals surface area contributed by atoms with E-state index in [1.807, 2.05) is 13.8 Å². The van der Waals surface area contributed by atoms with Crippen molar-refractivity contribution in [2.24, 2.45) is 0 Å². The lowest BCUT2D eigenvalue weighted by molar-refractivity contribution is 0.147. The zero-order valence-corrected chi connectivity index (χ0v) is 12.9. The smallest absolute Gasteiger partial charge is 0.323 e. The maximum absolute atomic E-state index is 9.33. The van der Waals surface area contributed by atoms with Gasteiger partial charge in [-0.1, -0.05) is 13.8 Å². The van der Waals surface area contributed by atoms with Gasteiger partial charge in [0, 0.05) is 6.54 Å². The lowest BCUT2D eigenvalue weighted by Gasteiger charge is -2.26. The number of nitrogens with zero attached hydrogens (tertiary/aromatic N) is 3. The molecule has 1 aromatic heterocycles. The maximum Gasteiger partial charge on any atom is 0.323 e. The number of aliphatic hydroxyl groups is 2. The van der Waals surface area contributed by atoms with Crippen molar-refractivity contribution in [2.45, 2.75) is 39.2 Å². The molecular weight excluding hydrogens is 274 g/mol. The van der Waals surface area contributed by atoms with Gasteiger partial charge in [-0.15, -0.1) is 0 Å². The van der Waals surface area contributed by atoms with Crippen LogP contribution in [0, 0.1) is 0 Å². The van der Waals surface area contributed by atoms with Crippen molar-refractivity contribution in [2.75, 3.05) is 37.0 Å². The number of anilines is 2. The van der Waals surface area contributed by atoms with Crippen LogP contribution >= 0.6 is 0 Å². The maximum atomic E-state index is 9.33. The van der Waals surface area contributed by atoms with Crippen molar-refractivity contribution in [3.05, 3.63) is 0 Å². The van der Waals surface area contributed by atoms with Gasteiger partial charge >= 0.3 is 6.01 Å². The highest BCUT2D eigenvalue weighted by molar-refractivity contribution is 5.38. The molecule has 0 atom stereocenters. The van der Waals surface area contributed by atoms with Gasteiger partial charge in [0.05, 0.1) is 25.4 Å². The van der Waals surface area contributed by atoms with E-state index >= 15 is 0 Å². The molecule has 0 saturated carbocycles. The first-order chi connectivity index (χ1) is 10.1. The van der Waals surface area contributed by atoms with Crippen LogP contribution in [0.1, 0.15) is 33.6 Å². The zero-order valence-electron chi connectivity index (χ0n) is 12.9. The Balaban J connectivity index is 2.94. The molecule has 0 aliphatic carbocycles. The lowest BCUT2D eigenvalue weighted by Crippen LogP contribution is -2.43. The van der Waals surface area contributed by atoms with E-state index in [-0.39, 0.29) is 25.2 Å². The largest absolute Gasteiger partial charge is 0.463 e. The molecule has 0 fully saturated rings. The Labute approximate surface area is 125 Å². The zero-order chi connectivity index (χ0) is 15.7. The van der Waals surface area contributed by atoms with Crippen LogP contribution in [0.25, 0.3) is 0 Å². The number of rotatable bonds is 10. The Kier molecular flexibility index (Phi) is 7.10. The molecule has 1 rings (SSSR count). The van der Waals surface area contributed by atoms with Crippen molar-refractivity contribution < 1.29 is 14.9 Å². The van der Waals surface area contributed by atoms with Crippen molar-refractivity contribution in [1.82, 2.24) is 15.0 Å². The molecule has 1 heterocycles. The molecule has 0 saturated heterocycles. The molecule has 0 amide bonds. The van der Waals surface area contributed by atoms with Crippen LogP contribution in [0.4, 0.5) is 11.9 Å². The number of ether oxygens (including phenoxy) is 1. The van der Waals surface area contributed by atoms with E-state index in [1.54, 1.807) is 6.92 Å². The monoisotopic (exact) mass is 299 g/mol. The Morgan fingerprint density at radius 3 is 2.29 bits per heavy atom. The van der Waals surface area contributed by atoms with E-state index < -0.39 is 5.54 Å². The molecule has 0 aromatic carbocycles.